The lowest BCUT2D eigenvalue weighted by Crippen LogP contribution is -2.36. The average molecular weight is 461 g/mol. The second-order valence-corrected chi connectivity index (χ2v) is 8.67. The van der Waals surface area contributed by atoms with Crippen molar-refractivity contribution in [1.82, 2.24) is 15.0 Å². The molecule has 1 aliphatic carbocycles. The van der Waals surface area contributed by atoms with E-state index < -0.39 is 0 Å². The maximum absolute atomic E-state index is 12.4. The zero-order valence-corrected chi connectivity index (χ0v) is 19.3. The Hall–Kier alpha value is -3.79. The summed E-state index contributed by atoms with van der Waals surface area (Å²) >= 11 is 0. The number of hydrogen-bond acceptors (Lipinski definition) is 8. The van der Waals surface area contributed by atoms with Gasteiger partial charge in [-0.2, -0.15) is 0 Å². The minimum atomic E-state index is -0.00464. The summed E-state index contributed by atoms with van der Waals surface area (Å²) in [6.45, 7) is 5.18. The highest BCUT2D eigenvalue weighted by molar-refractivity contribution is 6.12. The number of anilines is 3. The maximum Gasteiger partial charge on any atom is 0.228 e. The molecule has 0 radical (unpaired) electrons. The van der Waals surface area contributed by atoms with Crippen LogP contribution in [0.4, 0.5) is 23.1 Å². The van der Waals surface area contributed by atoms with E-state index in [0.29, 0.717) is 42.1 Å². The second-order valence-electron chi connectivity index (χ2n) is 8.67. The Labute approximate surface area is 197 Å². The average Bonchev–Trinajstić information content (AvgIpc) is 3.61. The SMILES string of the molecule is CNc1ncc(C(N)=Nc2ccc(N3CCOCC3)cn2)c2cc(NC(=O)[C@@H]3C[C@@H]3C)ncc12. The highest BCUT2D eigenvalue weighted by Gasteiger charge is 2.39. The van der Waals surface area contributed by atoms with E-state index in [0.717, 1.165) is 36.0 Å². The molecule has 4 heterocycles. The van der Waals surface area contributed by atoms with Crippen LogP contribution in [0.3, 0.4) is 0 Å². The van der Waals surface area contributed by atoms with Gasteiger partial charge < -0.3 is 26.0 Å². The van der Waals surface area contributed by atoms with Crippen LogP contribution in [0.15, 0.2) is 41.8 Å². The summed E-state index contributed by atoms with van der Waals surface area (Å²) in [5.41, 5.74) is 8.08. The van der Waals surface area contributed by atoms with Gasteiger partial charge in [-0.05, 0) is 30.5 Å². The molecule has 34 heavy (non-hydrogen) atoms. The van der Waals surface area contributed by atoms with Gasteiger partial charge in [-0.1, -0.05) is 6.92 Å². The molecule has 2 aliphatic rings. The van der Waals surface area contributed by atoms with E-state index >= 15 is 0 Å². The van der Waals surface area contributed by atoms with Crippen LogP contribution in [0.25, 0.3) is 10.8 Å². The van der Waals surface area contributed by atoms with Crippen molar-refractivity contribution >= 4 is 45.7 Å². The molecule has 0 spiro atoms. The van der Waals surface area contributed by atoms with Crippen LogP contribution in [0.1, 0.15) is 18.9 Å². The minimum absolute atomic E-state index is 0.00464. The standard InChI is InChI=1S/C24H28N8O2/c1-14-9-16(14)24(33)31-21-10-17-18(12-29-23(26-2)19(17)13-28-21)22(25)30-20-4-3-15(11-27-20)32-5-7-34-8-6-32/h3-4,10-14,16H,5-9H2,1-2H3,(H,26,29)(H2,25,27,30)(H,28,31,33)/t14-,16+/m0/s1. The fourth-order valence-electron chi connectivity index (χ4n) is 4.15. The van der Waals surface area contributed by atoms with Crippen LogP contribution in [0, 0.1) is 11.8 Å². The highest BCUT2D eigenvalue weighted by Crippen LogP contribution is 2.38. The van der Waals surface area contributed by atoms with E-state index in [-0.39, 0.29) is 17.7 Å². The van der Waals surface area contributed by atoms with Crippen LogP contribution in [-0.2, 0) is 9.53 Å². The molecule has 1 saturated carbocycles. The Morgan fingerprint density at radius 2 is 1.94 bits per heavy atom. The number of aromatic nitrogens is 3. The molecular weight excluding hydrogens is 432 g/mol. The van der Waals surface area contributed by atoms with Crippen LogP contribution in [-0.4, -0.2) is 60.0 Å². The summed E-state index contributed by atoms with van der Waals surface area (Å²) in [5.74, 6) is 2.40. The lowest BCUT2D eigenvalue weighted by Gasteiger charge is -2.28. The summed E-state index contributed by atoms with van der Waals surface area (Å²) in [7, 11) is 1.79. The van der Waals surface area contributed by atoms with Crippen molar-refractivity contribution in [2.24, 2.45) is 22.6 Å². The number of hydrogen-bond donors (Lipinski definition) is 3. The molecule has 2 atom stereocenters. The first kappa shape index (κ1) is 22.0. The van der Waals surface area contributed by atoms with Gasteiger partial charge in [-0.15, -0.1) is 0 Å². The van der Waals surface area contributed by atoms with Gasteiger partial charge in [0.05, 0.1) is 25.1 Å². The molecule has 0 unspecified atom stereocenters. The van der Waals surface area contributed by atoms with Gasteiger partial charge in [-0.25, -0.2) is 19.9 Å². The van der Waals surface area contributed by atoms with Crippen molar-refractivity contribution in [2.75, 3.05) is 48.9 Å². The fourth-order valence-corrected chi connectivity index (χ4v) is 4.15. The van der Waals surface area contributed by atoms with Gasteiger partial charge in [0.1, 0.15) is 17.5 Å². The normalized spacial score (nSPS) is 20.3. The van der Waals surface area contributed by atoms with Gasteiger partial charge in [0.15, 0.2) is 5.82 Å². The lowest BCUT2D eigenvalue weighted by molar-refractivity contribution is -0.117. The first-order valence-corrected chi connectivity index (χ1v) is 11.4. The topological polar surface area (TPSA) is 131 Å². The van der Waals surface area contributed by atoms with Crippen LogP contribution in [0.5, 0.6) is 0 Å². The number of aliphatic imine (C=N–C) groups is 1. The number of amides is 1. The largest absolute Gasteiger partial charge is 0.383 e. The Morgan fingerprint density at radius 1 is 1.15 bits per heavy atom. The number of morpholine rings is 1. The number of nitrogens with two attached hydrogens (primary N) is 1. The molecule has 176 valence electrons. The second kappa shape index (κ2) is 9.22. The van der Waals surface area contributed by atoms with Crippen molar-refractivity contribution < 1.29 is 9.53 Å². The predicted molar refractivity (Wildman–Crippen MR) is 133 cm³/mol. The zero-order chi connectivity index (χ0) is 23.7. The lowest BCUT2D eigenvalue weighted by atomic mass is 10.1. The molecule has 10 nitrogen and oxygen atoms in total. The van der Waals surface area contributed by atoms with Gasteiger partial charge in [0.25, 0.3) is 0 Å². The van der Waals surface area contributed by atoms with Gasteiger partial charge in [0.2, 0.25) is 5.91 Å². The quantitative estimate of drug-likeness (QED) is 0.378. The van der Waals surface area contributed by atoms with E-state index in [1.807, 2.05) is 18.2 Å². The van der Waals surface area contributed by atoms with E-state index in [4.69, 9.17) is 10.5 Å². The monoisotopic (exact) mass is 460 g/mol. The van der Waals surface area contributed by atoms with E-state index in [1.54, 1.807) is 25.6 Å². The van der Waals surface area contributed by atoms with Crippen LogP contribution >= 0.6 is 0 Å². The van der Waals surface area contributed by atoms with Crippen LogP contribution < -0.4 is 21.3 Å². The number of rotatable bonds is 6. The zero-order valence-electron chi connectivity index (χ0n) is 19.3. The molecule has 3 aromatic heterocycles. The summed E-state index contributed by atoms with van der Waals surface area (Å²) in [4.78, 5) is 32.5. The van der Waals surface area contributed by atoms with Crippen LogP contribution in [0.2, 0.25) is 0 Å². The first-order valence-electron chi connectivity index (χ1n) is 11.4. The van der Waals surface area contributed by atoms with Gasteiger partial charge in [-0.3, -0.25) is 4.79 Å². The Bertz CT molecular complexity index is 1240. The molecule has 4 N–H and O–H groups in total. The Morgan fingerprint density at radius 3 is 2.62 bits per heavy atom. The maximum atomic E-state index is 12.4. The minimum Gasteiger partial charge on any atom is -0.383 e. The van der Waals surface area contributed by atoms with Crippen molar-refractivity contribution in [3.8, 4) is 0 Å². The predicted octanol–water partition coefficient (Wildman–Crippen LogP) is 2.53. The number of ether oxygens (including phenoxy) is 1. The van der Waals surface area contributed by atoms with Crippen molar-refractivity contribution in [3.05, 3.63) is 42.4 Å². The molecule has 2 fully saturated rings. The fraction of sp³-hybridized carbons (Fsp3) is 0.375. The summed E-state index contributed by atoms with van der Waals surface area (Å²) < 4.78 is 5.41. The summed E-state index contributed by atoms with van der Waals surface area (Å²) in [6.07, 6.45) is 6.07. The molecule has 1 aliphatic heterocycles. The molecule has 3 aromatic rings. The molecule has 5 rings (SSSR count). The van der Waals surface area contributed by atoms with Crippen molar-refractivity contribution in [1.29, 1.82) is 0 Å². The third-order valence-corrected chi connectivity index (χ3v) is 6.33. The summed E-state index contributed by atoms with van der Waals surface area (Å²) in [6, 6.07) is 5.65. The number of fused-ring (bicyclic) bond motifs is 1. The Balaban J connectivity index is 1.44. The van der Waals surface area contributed by atoms with E-state index in [1.165, 1.54) is 0 Å². The first-order chi connectivity index (χ1) is 16.5. The number of pyridine rings is 3. The van der Waals surface area contributed by atoms with Crippen molar-refractivity contribution in [2.45, 2.75) is 13.3 Å². The smallest absolute Gasteiger partial charge is 0.228 e. The number of carbonyl (C=O) groups is 1. The van der Waals surface area contributed by atoms with E-state index in [9.17, 15) is 4.79 Å². The number of nitrogens with one attached hydrogen (secondary N) is 2. The molecule has 0 bridgehead atoms. The van der Waals surface area contributed by atoms with Gasteiger partial charge in [0, 0.05) is 54.8 Å². The highest BCUT2D eigenvalue weighted by atomic mass is 16.5. The third kappa shape index (κ3) is 4.49. The van der Waals surface area contributed by atoms with Gasteiger partial charge >= 0.3 is 0 Å². The Kier molecular flexibility index (Phi) is 5.97. The molecule has 1 saturated heterocycles. The number of carbonyl (C=O) groups excluding carboxylic acids is 1. The number of nitrogens with zero attached hydrogens (tertiary/aromatic N) is 5. The molecule has 10 heteroatoms. The van der Waals surface area contributed by atoms with E-state index in [2.05, 4.69) is 42.4 Å². The third-order valence-electron chi connectivity index (χ3n) is 6.33. The van der Waals surface area contributed by atoms with Crippen molar-refractivity contribution in [3.63, 3.8) is 0 Å². The molecular formula is C24H28N8O2. The number of amidine groups is 1. The summed E-state index contributed by atoms with van der Waals surface area (Å²) in [5, 5.41) is 7.57. The molecule has 0 aromatic carbocycles. The molecule has 1 amide bonds.